The van der Waals surface area contributed by atoms with Crippen LogP contribution in [0.3, 0.4) is 0 Å². The van der Waals surface area contributed by atoms with Crippen molar-refractivity contribution in [3.63, 3.8) is 0 Å². The molecule has 3 aromatic rings. The van der Waals surface area contributed by atoms with Crippen LogP contribution >= 0.6 is 0 Å². The van der Waals surface area contributed by atoms with Gasteiger partial charge in [-0.15, -0.1) is 0 Å². The molecule has 0 fully saturated rings. The number of rotatable bonds is 7. The van der Waals surface area contributed by atoms with Crippen molar-refractivity contribution in [3.05, 3.63) is 90.0 Å². The molecule has 0 spiro atoms. The first-order valence-corrected chi connectivity index (χ1v) is 10.1. The summed E-state index contributed by atoms with van der Waals surface area (Å²) in [5, 5.41) is 8.06. The van der Waals surface area contributed by atoms with E-state index in [2.05, 4.69) is 16.0 Å². The van der Waals surface area contributed by atoms with E-state index in [1.54, 1.807) is 12.1 Å². The van der Waals surface area contributed by atoms with Crippen molar-refractivity contribution in [3.8, 4) is 0 Å². The van der Waals surface area contributed by atoms with E-state index in [1.165, 1.54) is 47.4 Å². The van der Waals surface area contributed by atoms with Gasteiger partial charge in [-0.3, -0.25) is 4.90 Å². The summed E-state index contributed by atoms with van der Waals surface area (Å²) in [6.45, 7) is 2.48. The third kappa shape index (κ3) is 6.80. The molecule has 0 aromatic heterocycles. The van der Waals surface area contributed by atoms with Crippen LogP contribution in [0.1, 0.15) is 12.0 Å². The number of hydrogen-bond donors (Lipinski definition) is 3. The van der Waals surface area contributed by atoms with Crippen LogP contribution in [0, 0.1) is 18.6 Å². The molecular formula is C24H24F2N4O2. The highest BCUT2D eigenvalue weighted by Crippen LogP contribution is 2.18. The molecule has 6 nitrogen and oxygen atoms in total. The average molecular weight is 438 g/mol. The van der Waals surface area contributed by atoms with E-state index in [-0.39, 0.29) is 19.1 Å². The van der Waals surface area contributed by atoms with Gasteiger partial charge in [0.05, 0.1) is 0 Å². The second-order valence-corrected chi connectivity index (χ2v) is 7.17. The molecule has 3 N–H and O–H groups in total. The molecule has 0 radical (unpaired) electrons. The first kappa shape index (κ1) is 22.7. The van der Waals surface area contributed by atoms with Crippen LogP contribution in [0.2, 0.25) is 0 Å². The Labute approximate surface area is 185 Å². The van der Waals surface area contributed by atoms with Gasteiger partial charge in [-0.1, -0.05) is 18.2 Å². The van der Waals surface area contributed by atoms with Crippen LogP contribution in [-0.4, -0.2) is 25.2 Å². The van der Waals surface area contributed by atoms with E-state index < -0.39 is 17.7 Å². The van der Waals surface area contributed by atoms with Crippen LogP contribution < -0.4 is 20.9 Å². The minimum absolute atomic E-state index is 0.274. The summed E-state index contributed by atoms with van der Waals surface area (Å²) in [5.74, 6) is -0.846. The first-order valence-electron chi connectivity index (χ1n) is 10.1. The molecule has 0 unspecified atom stereocenters. The quantitative estimate of drug-likeness (QED) is 0.425. The number of anilines is 3. The normalized spacial score (nSPS) is 10.3. The molecule has 0 aliphatic carbocycles. The zero-order valence-electron chi connectivity index (χ0n) is 17.6. The Kier molecular flexibility index (Phi) is 7.75. The van der Waals surface area contributed by atoms with Crippen molar-refractivity contribution in [2.24, 2.45) is 0 Å². The number of urea groups is 2. The Morgan fingerprint density at radius 1 is 0.844 bits per heavy atom. The Balaban J connectivity index is 1.58. The highest BCUT2D eigenvalue weighted by atomic mass is 19.1. The van der Waals surface area contributed by atoms with Crippen molar-refractivity contribution in [1.29, 1.82) is 0 Å². The molecular weight excluding hydrogens is 414 g/mol. The molecule has 8 heteroatoms. The van der Waals surface area contributed by atoms with Gasteiger partial charge in [-0.2, -0.15) is 0 Å². The van der Waals surface area contributed by atoms with Gasteiger partial charge < -0.3 is 16.0 Å². The average Bonchev–Trinajstić information content (AvgIpc) is 2.74. The number of amides is 4. The number of benzene rings is 3. The molecule has 4 amide bonds. The maximum Gasteiger partial charge on any atom is 0.326 e. The maximum absolute atomic E-state index is 13.3. The number of aryl methyl sites for hydroxylation is 1. The monoisotopic (exact) mass is 438 g/mol. The van der Waals surface area contributed by atoms with Crippen LogP contribution in [-0.2, 0) is 0 Å². The lowest BCUT2D eigenvalue weighted by molar-refractivity contribution is 0.252. The van der Waals surface area contributed by atoms with Gasteiger partial charge in [0.2, 0.25) is 0 Å². The summed E-state index contributed by atoms with van der Waals surface area (Å²) in [6, 6.07) is 17.7. The fraction of sp³-hybridized carbons (Fsp3) is 0.167. The summed E-state index contributed by atoms with van der Waals surface area (Å²) in [6.07, 6.45) is 0.440. The van der Waals surface area contributed by atoms with E-state index in [9.17, 15) is 18.4 Å². The number of hydrogen-bond acceptors (Lipinski definition) is 2. The number of carbonyl (C=O) groups is 2. The Morgan fingerprint density at radius 2 is 1.53 bits per heavy atom. The minimum atomic E-state index is -0.479. The second kappa shape index (κ2) is 10.9. The van der Waals surface area contributed by atoms with Gasteiger partial charge in [0.1, 0.15) is 11.6 Å². The molecule has 0 saturated carbocycles. The molecule has 0 atom stereocenters. The first-order chi connectivity index (χ1) is 15.4. The van der Waals surface area contributed by atoms with E-state index in [0.29, 0.717) is 23.5 Å². The number of nitrogens with one attached hydrogen (secondary N) is 3. The number of carbonyl (C=O) groups excluding carboxylic acids is 2. The standard InChI is InChI=1S/C24H24F2N4O2/c1-17-5-2-7-20(15-17)29-24(32)30(22-11-9-18(25)10-12-22)14-4-13-27-23(31)28-21-8-3-6-19(26)16-21/h2-3,5-12,15-16H,4,13-14H2,1H3,(H,29,32)(H2,27,28,31). The van der Waals surface area contributed by atoms with Crippen LogP contribution in [0.5, 0.6) is 0 Å². The summed E-state index contributed by atoms with van der Waals surface area (Å²) in [5.41, 5.74) is 2.52. The zero-order valence-corrected chi connectivity index (χ0v) is 17.6. The lowest BCUT2D eigenvalue weighted by Crippen LogP contribution is -2.38. The summed E-state index contributed by atoms with van der Waals surface area (Å²) in [4.78, 5) is 26.4. The molecule has 0 aliphatic rings. The van der Waals surface area contributed by atoms with Crippen LogP contribution in [0.15, 0.2) is 72.8 Å². The van der Waals surface area contributed by atoms with E-state index in [0.717, 1.165) is 5.56 Å². The van der Waals surface area contributed by atoms with Crippen molar-refractivity contribution in [1.82, 2.24) is 5.32 Å². The molecule has 0 saturated heterocycles. The van der Waals surface area contributed by atoms with Crippen molar-refractivity contribution in [2.75, 3.05) is 28.6 Å². The van der Waals surface area contributed by atoms with E-state index in [4.69, 9.17) is 0 Å². The molecule has 0 heterocycles. The van der Waals surface area contributed by atoms with Gasteiger partial charge in [0, 0.05) is 30.2 Å². The Morgan fingerprint density at radius 3 is 2.22 bits per heavy atom. The van der Waals surface area contributed by atoms with Crippen molar-refractivity contribution >= 4 is 29.1 Å². The SMILES string of the molecule is Cc1cccc(NC(=O)N(CCCNC(=O)Nc2cccc(F)c2)c2ccc(F)cc2)c1. The van der Waals surface area contributed by atoms with Gasteiger partial charge in [0.15, 0.2) is 0 Å². The van der Waals surface area contributed by atoms with E-state index >= 15 is 0 Å². The summed E-state index contributed by atoms with van der Waals surface area (Å²) >= 11 is 0. The lowest BCUT2D eigenvalue weighted by Gasteiger charge is -2.23. The van der Waals surface area contributed by atoms with Crippen LogP contribution in [0.4, 0.5) is 35.4 Å². The molecule has 166 valence electrons. The van der Waals surface area contributed by atoms with Crippen molar-refractivity contribution in [2.45, 2.75) is 13.3 Å². The molecule has 3 rings (SSSR count). The predicted octanol–water partition coefficient (Wildman–Crippen LogP) is 5.52. The second-order valence-electron chi connectivity index (χ2n) is 7.17. The minimum Gasteiger partial charge on any atom is -0.338 e. The zero-order chi connectivity index (χ0) is 22.9. The number of halogens is 2. The lowest BCUT2D eigenvalue weighted by atomic mass is 10.2. The largest absolute Gasteiger partial charge is 0.338 e. The van der Waals surface area contributed by atoms with Crippen LogP contribution in [0.25, 0.3) is 0 Å². The maximum atomic E-state index is 13.3. The smallest absolute Gasteiger partial charge is 0.326 e. The third-order valence-corrected chi connectivity index (χ3v) is 4.58. The fourth-order valence-electron chi connectivity index (χ4n) is 3.06. The Bertz CT molecular complexity index is 1070. The number of nitrogens with zero attached hydrogens (tertiary/aromatic N) is 1. The highest BCUT2D eigenvalue weighted by molar-refractivity contribution is 6.01. The van der Waals surface area contributed by atoms with Crippen molar-refractivity contribution < 1.29 is 18.4 Å². The summed E-state index contributed by atoms with van der Waals surface area (Å²) in [7, 11) is 0. The molecule has 3 aromatic carbocycles. The molecule has 0 bridgehead atoms. The molecule has 32 heavy (non-hydrogen) atoms. The van der Waals surface area contributed by atoms with Gasteiger partial charge in [-0.25, -0.2) is 18.4 Å². The van der Waals surface area contributed by atoms with Gasteiger partial charge in [0.25, 0.3) is 0 Å². The topological polar surface area (TPSA) is 73.5 Å². The molecule has 0 aliphatic heterocycles. The van der Waals surface area contributed by atoms with Gasteiger partial charge in [-0.05, 0) is 73.5 Å². The third-order valence-electron chi connectivity index (χ3n) is 4.58. The highest BCUT2D eigenvalue weighted by Gasteiger charge is 2.16. The van der Waals surface area contributed by atoms with E-state index in [1.807, 2.05) is 25.1 Å². The summed E-state index contributed by atoms with van der Waals surface area (Å²) < 4.78 is 26.6. The predicted molar refractivity (Wildman–Crippen MR) is 122 cm³/mol. The fourth-order valence-corrected chi connectivity index (χ4v) is 3.06. The van der Waals surface area contributed by atoms with Gasteiger partial charge >= 0.3 is 12.1 Å². The Hall–Kier alpha value is -3.94.